The minimum Gasteiger partial charge on any atom is -0.494 e. The SMILES string of the molecule is Cc1cc(OCCCC[C@H]2OC[C@@H](OCc3ccccc3)[C@H](OCc3ccccc3)[C@H]2OCc2ccccc2)cc(C)c1N. The van der Waals surface area contributed by atoms with Crippen molar-refractivity contribution in [2.24, 2.45) is 0 Å². The number of hydrogen-bond donors (Lipinski definition) is 1. The minimum absolute atomic E-state index is 0.128. The third-order valence-electron chi connectivity index (χ3n) is 8.13. The van der Waals surface area contributed by atoms with Gasteiger partial charge in [0.15, 0.2) is 0 Å². The molecule has 2 N–H and O–H groups in total. The Labute approximate surface area is 262 Å². The summed E-state index contributed by atoms with van der Waals surface area (Å²) in [6, 6.07) is 34.7. The molecular weight excluding hydrogens is 550 g/mol. The first-order chi connectivity index (χ1) is 21.6. The van der Waals surface area contributed by atoms with Gasteiger partial charge in [0.2, 0.25) is 0 Å². The van der Waals surface area contributed by atoms with Gasteiger partial charge < -0.3 is 29.4 Å². The van der Waals surface area contributed by atoms with Crippen LogP contribution in [0.2, 0.25) is 0 Å². The molecule has 0 spiro atoms. The average Bonchev–Trinajstić information content (AvgIpc) is 3.06. The average molecular weight is 596 g/mol. The van der Waals surface area contributed by atoms with E-state index in [2.05, 4.69) is 36.4 Å². The summed E-state index contributed by atoms with van der Waals surface area (Å²) in [5, 5.41) is 0. The molecule has 1 saturated heterocycles. The molecule has 0 aliphatic carbocycles. The fourth-order valence-electron chi connectivity index (χ4n) is 5.59. The van der Waals surface area contributed by atoms with Gasteiger partial charge in [0, 0.05) is 5.69 Å². The summed E-state index contributed by atoms with van der Waals surface area (Å²) < 4.78 is 32.3. The van der Waals surface area contributed by atoms with E-state index in [1.165, 1.54) is 0 Å². The van der Waals surface area contributed by atoms with Crippen molar-refractivity contribution >= 4 is 5.69 Å². The normalized spacial score (nSPS) is 20.0. The molecule has 44 heavy (non-hydrogen) atoms. The molecule has 1 aliphatic rings. The molecule has 0 radical (unpaired) electrons. The molecule has 232 valence electrons. The van der Waals surface area contributed by atoms with Crippen LogP contribution in [0.3, 0.4) is 0 Å². The molecule has 0 aromatic heterocycles. The summed E-state index contributed by atoms with van der Waals surface area (Å²) in [5.74, 6) is 0.861. The van der Waals surface area contributed by atoms with Gasteiger partial charge in [-0.15, -0.1) is 0 Å². The number of anilines is 1. The van der Waals surface area contributed by atoms with E-state index in [1.807, 2.05) is 80.6 Å². The van der Waals surface area contributed by atoms with E-state index in [0.717, 1.165) is 58.5 Å². The minimum atomic E-state index is -0.295. The lowest BCUT2D eigenvalue weighted by molar-refractivity contribution is -0.239. The van der Waals surface area contributed by atoms with Crippen LogP contribution in [-0.4, -0.2) is 37.6 Å². The summed E-state index contributed by atoms with van der Waals surface area (Å²) in [5.41, 5.74) is 12.4. The van der Waals surface area contributed by atoms with Gasteiger partial charge in [-0.25, -0.2) is 0 Å². The Morgan fingerprint density at radius 2 is 1.16 bits per heavy atom. The van der Waals surface area contributed by atoms with Gasteiger partial charge in [-0.1, -0.05) is 91.0 Å². The summed E-state index contributed by atoms with van der Waals surface area (Å²) in [4.78, 5) is 0. The van der Waals surface area contributed by atoms with E-state index in [9.17, 15) is 0 Å². The molecule has 6 nitrogen and oxygen atoms in total. The number of rotatable bonds is 15. The van der Waals surface area contributed by atoms with Gasteiger partial charge in [-0.05, 0) is 73.1 Å². The molecule has 0 saturated carbocycles. The van der Waals surface area contributed by atoms with Crippen LogP contribution in [0, 0.1) is 13.8 Å². The summed E-state index contributed by atoms with van der Waals surface area (Å²) >= 11 is 0. The maximum atomic E-state index is 6.66. The monoisotopic (exact) mass is 595 g/mol. The number of benzene rings is 4. The quantitative estimate of drug-likeness (QED) is 0.113. The first-order valence-electron chi connectivity index (χ1n) is 15.6. The third-order valence-corrected chi connectivity index (χ3v) is 8.13. The van der Waals surface area contributed by atoms with Crippen LogP contribution >= 0.6 is 0 Å². The van der Waals surface area contributed by atoms with E-state index < -0.39 is 0 Å². The maximum Gasteiger partial charge on any atom is 0.119 e. The molecule has 4 atom stereocenters. The van der Waals surface area contributed by atoms with Gasteiger partial charge >= 0.3 is 0 Å². The maximum absolute atomic E-state index is 6.66. The molecule has 1 aliphatic heterocycles. The van der Waals surface area contributed by atoms with Crippen molar-refractivity contribution in [2.45, 2.75) is 77.3 Å². The Morgan fingerprint density at radius 3 is 1.70 bits per heavy atom. The van der Waals surface area contributed by atoms with Crippen LogP contribution < -0.4 is 10.5 Å². The lowest BCUT2D eigenvalue weighted by atomic mass is 9.95. The molecule has 0 amide bonds. The number of ether oxygens (including phenoxy) is 5. The Morgan fingerprint density at radius 1 is 0.659 bits per heavy atom. The van der Waals surface area contributed by atoms with Gasteiger partial charge in [0.1, 0.15) is 24.1 Å². The van der Waals surface area contributed by atoms with Crippen molar-refractivity contribution < 1.29 is 23.7 Å². The van der Waals surface area contributed by atoms with Crippen molar-refractivity contribution in [1.82, 2.24) is 0 Å². The predicted octanol–water partition coefficient (Wildman–Crippen LogP) is 7.59. The fourth-order valence-corrected chi connectivity index (χ4v) is 5.59. The number of nitrogens with two attached hydrogens (primary N) is 1. The van der Waals surface area contributed by atoms with Crippen molar-refractivity contribution in [2.75, 3.05) is 18.9 Å². The van der Waals surface area contributed by atoms with E-state index >= 15 is 0 Å². The van der Waals surface area contributed by atoms with Crippen molar-refractivity contribution in [1.29, 1.82) is 0 Å². The Balaban J connectivity index is 1.26. The molecule has 0 bridgehead atoms. The Bertz CT molecular complexity index is 1380. The third kappa shape index (κ3) is 9.16. The van der Waals surface area contributed by atoms with Crippen LogP contribution in [0.5, 0.6) is 5.75 Å². The highest BCUT2D eigenvalue weighted by Crippen LogP contribution is 2.29. The van der Waals surface area contributed by atoms with Crippen molar-refractivity contribution in [3.63, 3.8) is 0 Å². The summed E-state index contributed by atoms with van der Waals surface area (Å²) in [6.45, 7) is 6.53. The lowest BCUT2D eigenvalue weighted by Crippen LogP contribution is -2.56. The molecule has 4 aromatic carbocycles. The highest BCUT2D eigenvalue weighted by Gasteiger charge is 2.42. The number of nitrogen functional groups attached to an aromatic ring is 1. The highest BCUT2D eigenvalue weighted by atomic mass is 16.6. The Kier molecular flexibility index (Phi) is 11.8. The predicted molar refractivity (Wildman–Crippen MR) is 174 cm³/mol. The summed E-state index contributed by atoms with van der Waals surface area (Å²) in [6.07, 6.45) is 1.68. The van der Waals surface area contributed by atoms with Gasteiger partial charge in [0.25, 0.3) is 0 Å². The second kappa shape index (κ2) is 16.4. The number of hydrogen-bond acceptors (Lipinski definition) is 6. The van der Waals surface area contributed by atoms with Crippen LogP contribution in [0.25, 0.3) is 0 Å². The van der Waals surface area contributed by atoms with Gasteiger partial charge in [0.05, 0.1) is 39.1 Å². The molecular formula is C38H45NO5. The van der Waals surface area contributed by atoms with E-state index in [-0.39, 0.29) is 24.4 Å². The molecule has 1 heterocycles. The first-order valence-corrected chi connectivity index (χ1v) is 15.6. The lowest BCUT2D eigenvalue weighted by Gasteiger charge is -2.42. The standard InChI is InChI=1S/C38H45NO5/c1-28-22-33(23-29(2)36(28)39)40-21-13-12-20-34-37(43-25-31-16-8-4-9-17-31)38(44-26-32-18-10-5-11-19-32)35(27-42-34)41-24-30-14-6-3-7-15-30/h3-11,14-19,22-23,34-35,37-38H,12-13,20-21,24-27,39H2,1-2H3/t34-,35-,37+,38+/m1/s1. The van der Waals surface area contributed by atoms with Crippen molar-refractivity contribution in [3.8, 4) is 5.75 Å². The Hall–Kier alpha value is -3.68. The van der Waals surface area contributed by atoms with Crippen LogP contribution in [0.1, 0.15) is 47.1 Å². The first kappa shape index (κ1) is 31.7. The summed E-state index contributed by atoms with van der Waals surface area (Å²) in [7, 11) is 0. The number of unbranched alkanes of at least 4 members (excludes halogenated alkanes) is 1. The molecule has 0 unspecified atom stereocenters. The van der Waals surface area contributed by atoms with E-state index in [1.54, 1.807) is 0 Å². The zero-order valence-electron chi connectivity index (χ0n) is 25.9. The fraction of sp³-hybridized carbons (Fsp3) is 0.368. The smallest absolute Gasteiger partial charge is 0.119 e. The van der Waals surface area contributed by atoms with Crippen LogP contribution in [0.4, 0.5) is 5.69 Å². The zero-order valence-corrected chi connectivity index (χ0v) is 25.9. The van der Waals surface area contributed by atoms with E-state index in [4.69, 9.17) is 29.4 Å². The van der Waals surface area contributed by atoms with Crippen molar-refractivity contribution in [3.05, 3.63) is 131 Å². The van der Waals surface area contributed by atoms with Crippen LogP contribution in [-0.2, 0) is 38.8 Å². The second-order valence-electron chi connectivity index (χ2n) is 11.5. The van der Waals surface area contributed by atoms with Gasteiger partial charge in [-0.3, -0.25) is 0 Å². The second-order valence-corrected chi connectivity index (χ2v) is 11.5. The number of aryl methyl sites for hydroxylation is 2. The van der Waals surface area contributed by atoms with Crippen LogP contribution in [0.15, 0.2) is 103 Å². The van der Waals surface area contributed by atoms with E-state index in [0.29, 0.717) is 33.0 Å². The molecule has 1 fully saturated rings. The van der Waals surface area contributed by atoms with Gasteiger partial charge in [-0.2, -0.15) is 0 Å². The topological polar surface area (TPSA) is 72.2 Å². The molecule has 4 aromatic rings. The largest absolute Gasteiger partial charge is 0.494 e. The zero-order chi connectivity index (χ0) is 30.6. The highest BCUT2D eigenvalue weighted by molar-refractivity contribution is 5.56. The molecule has 6 heteroatoms. The molecule has 5 rings (SSSR count).